The normalized spacial score (nSPS) is 20.0. The minimum atomic E-state index is -0.311. The van der Waals surface area contributed by atoms with Gasteiger partial charge in [0.1, 0.15) is 6.10 Å². The van der Waals surface area contributed by atoms with E-state index in [0.29, 0.717) is 6.61 Å². The number of anilines is 2. The van der Waals surface area contributed by atoms with Crippen LogP contribution in [0.3, 0.4) is 0 Å². The maximum absolute atomic E-state index is 12.9. The number of carbonyl (C=O) groups excluding carboxylic acids is 1. The molecule has 0 radical (unpaired) electrons. The summed E-state index contributed by atoms with van der Waals surface area (Å²) in [5.41, 5.74) is 1.92. The molecular weight excluding hydrogens is 282 g/mol. The Morgan fingerprint density at radius 1 is 1.05 bits per heavy atom. The van der Waals surface area contributed by atoms with Gasteiger partial charge in [-0.25, -0.2) is 0 Å². The van der Waals surface area contributed by atoms with Gasteiger partial charge in [0.2, 0.25) is 0 Å². The van der Waals surface area contributed by atoms with Crippen molar-refractivity contribution in [3.63, 3.8) is 0 Å². The van der Waals surface area contributed by atoms with Gasteiger partial charge >= 0.3 is 0 Å². The van der Waals surface area contributed by atoms with Crippen molar-refractivity contribution in [3.8, 4) is 0 Å². The van der Waals surface area contributed by atoms with Crippen molar-refractivity contribution >= 4 is 29.0 Å². The van der Waals surface area contributed by atoms with Crippen LogP contribution in [0.15, 0.2) is 58.3 Å². The lowest BCUT2D eigenvalue weighted by Crippen LogP contribution is -2.37. The van der Waals surface area contributed by atoms with Crippen LogP contribution >= 0.6 is 11.8 Å². The summed E-state index contributed by atoms with van der Waals surface area (Å²) in [6.07, 6.45) is 1.46. The summed E-state index contributed by atoms with van der Waals surface area (Å²) >= 11 is 1.71. The van der Waals surface area contributed by atoms with Crippen LogP contribution in [0.2, 0.25) is 0 Å². The van der Waals surface area contributed by atoms with Crippen LogP contribution in [0.1, 0.15) is 12.8 Å². The fourth-order valence-corrected chi connectivity index (χ4v) is 3.92. The lowest BCUT2D eigenvalue weighted by Gasteiger charge is -2.32. The molecule has 2 aliphatic heterocycles. The zero-order valence-corrected chi connectivity index (χ0v) is 12.3. The minimum absolute atomic E-state index is 0.0488. The van der Waals surface area contributed by atoms with Gasteiger partial charge in [-0.1, -0.05) is 36.0 Å². The predicted octanol–water partition coefficient (Wildman–Crippen LogP) is 3.99. The molecule has 1 saturated heterocycles. The van der Waals surface area contributed by atoms with Crippen molar-refractivity contribution in [3.05, 3.63) is 48.5 Å². The average molecular weight is 297 g/mol. The molecule has 0 aromatic heterocycles. The summed E-state index contributed by atoms with van der Waals surface area (Å²) in [5.74, 6) is 0.0488. The number of rotatable bonds is 1. The number of para-hydroxylation sites is 2. The van der Waals surface area contributed by atoms with Crippen molar-refractivity contribution in [1.29, 1.82) is 0 Å². The van der Waals surface area contributed by atoms with Crippen molar-refractivity contribution in [2.24, 2.45) is 0 Å². The number of ether oxygens (including phenoxy) is 1. The van der Waals surface area contributed by atoms with Crippen LogP contribution in [0.5, 0.6) is 0 Å². The smallest absolute Gasteiger partial charge is 0.260 e. The van der Waals surface area contributed by atoms with Crippen LogP contribution in [-0.4, -0.2) is 18.6 Å². The second-order valence-corrected chi connectivity index (χ2v) is 6.30. The second kappa shape index (κ2) is 5.20. The molecule has 1 atom stereocenters. The number of amides is 1. The van der Waals surface area contributed by atoms with Gasteiger partial charge in [0.25, 0.3) is 5.91 Å². The van der Waals surface area contributed by atoms with E-state index in [4.69, 9.17) is 4.74 Å². The van der Waals surface area contributed by atoms with Crippen molar-refractivity contribution in [2.75, 3.05) is 11.5 Å². The summed E-state index contributed by atoms with van der Waals surface area (Å²) in [4.78, 5) is 17.0. The van der Waals surface area contributed by atoms with Crippen LogP contribution in [-0.2, 0) is 9.53 Å². The fraction of sp³-hybridized carbons (Fsp3) is 0.235. The molecule has 0 bridgehead atoms. The van der Waals surface area contributed by atoms with E-state index in [2.05, 4.69) is 12.1 Å². The van der Waals surface area contributed by atoms with Crippen molar-refractivity contribution in [2.45, 2.75) is 28.7 Å². The van der Waals surface area contributed by atoms with Crippen molar-refractivity contribution < 1.29 is 9.53 Å². The van der Waals surface area contributed by atoms with Crippen LogP contribution in [0, 0.1) is 0 Å². The Morgan fingerprint density at radius 3 is 2.24 bits per heavy atom. The SMILES string of the molecule is O=C([C@H]1CCCO1)N1c2ccccc2Sc2ccccc21. The number of fused-ring (bicyclic) bond motifs is 2. The van der Waals surface area contributed by atoms with Gasteiger partial charge in [0.15, 0.2) is 0 Å². The predicted molar refractivity (Wildman–Crippen MR) is 83.1 cm³/mol. The molecule has 2 heterocycles. The molecule has 1 amide bonds. The topological polar surface area (TPSA) is 29.5 Å². The van der Waals surface area contributed by atoms with E-state index < -0.39 is 0 Å². The Hall–Kier alpha value is -1.78. The van der Waals surface area contributed by atoms with E-state index in [1.165, 1.54) is 0 Å². The summed E-state index contributed by atoms with van der Waals surface area (Å²) in [7, 11) is 0. The third kappa shape index (κ3) is 2.15. The first-order valence-corrected chi connectivity index (χ1v) is 7.98. The highest BCUT2D eigenvalue weighted by Gasteiger charge is 2.34. The maximum Gasteiger partial charge on any atom is 0.260 e. The third-order valence-corrected chi connectivity index (χ3v) is 4.99. The van der Waals surface area contributed by atoms with Crippen LogP contribution in [0.4, 0.5) is 11.4 Å². The number of nitrogens with zero attached hydrogens (tertiary/aromatic N) is 1. The van der Waals surface area contributed by atoms with Gasteiger partial charge in [0, 0.05) is 16.4 Å². The molecule has 0 N–H and O–H groups in total. The third-order valence-electron chi connectivity index (χ3n) is 3.86. The molecule has 0 aliphatic carbocycles. The Balaban J connectivity index is 1.83. The fourth-order valence-electron chi connectivity index (χ4n) is 2.86. The van der Waals surface area contributed by atoms with E-state index in [1.54, 1.807) is 11.8 Å². The molecule has 1 fully saturated rings. The van der Waals surface area contributed by atoms with Gasteiger partial charge in [0.05, 0.1) is 11.4 Å². The van der Waals surface area contributed by atoms with Crippen LogP contribution in [0.25, 0.3) is 0 Å². The Kier molecular flexibility index (Phi) is 3.20. The molecule has 0 saturated carbocycles. The Bertz CT molecular complexity index is 649. The molecule has 2 aromatic rings. The lowest BCUT2D eigenvalue weighted by molar-refractivity contribution is -0.126. The molecule has 4 heteroatoms. The standard InChI is InChI=1S/C17H15NO2S/c19-17(14-8-5-11-20-14)18-12-6-1-3-9-15(12)21-16-10-4-2-7-13(16)18/h1-4,6-7,9-10,14H,5,8,11H2/t14-/m1/s1. The lowest BCUT2D eigenvalue weighted by atomic mass is 10.1. The largest absolute Gasteiger partial charge is 0.368 e. The highest BCUT2D eigenvalue weighted by Crippen LogP contribution is 2.48. The quantitative estimate of drug-likeness (QED) is 0.797. The first-order chi connectivity index (χ1) is 10.3. The number of benzene rings is 2. The molecule has 0 spiro atoms. The molecule has 0 unspecified atom stereocenters. The Labute approximate surface area is 127 Å². The van der Waals surface area contributed by atoms with Gasteiger partial charge in [-0.2, -0.15) is 0 Å². The van der Waals surface area contributed by atoms with E-state index in [9.17, 15) is 4.79 Å². The first kappa shape index (κ1) is 12.9. The molecule has 2 aliphatic rings. The van der Waals surface area contributed by atoms with Gasteiger partial charge in [-0.15, -0.1) is 0 Å². The molecule has 106 valence electrons. The van der Waals surface area contributed by atoms with Gasteiger partial charge in [-0.3, -0.25) is 9.69 Å². The van der Waals surface area contributed by atoms with E-state index in [0.717, 1.165) is 34.0 Å². The van der Waals surface area contributed by atoms with E-state index >= 15 is 0 Å². The zero-order chi connectivity index (χ0) is 14.2. The highest BCUT2D eigenvalue weighted by molar-refractivity contribution is 7.99. The number of carbonyl (C=O) groups is 1. The minimum Gasteiger partial charge on any atom is -0.368 e. The zero-order valence-electron chi connectivity index (χ0n) is 11.5. The number of hydrogen-bond donors (Lipinski definition) is 0. The second-order valence-electron chi connectivity index (χ2n) is 5.21. The number of hydrogen-bond acceptors (Lipinski definition) is 3. The maximum atomic E-state index is 12.9. The summed E-state index contributed by atoms with van der Waals surface area (Å²) in [6, 6.07) is 16.1. The molecule has 21 heavy (non-hydrogen) atoms. The summed E-state index contributed by atoms with van der Waals surface area (Å²) in [5, 5.41) is 0. The average Bonchev–Trinajstić information content (AvgIpc) is 3.06. The molecular formula is C17H15NO2S. The first-order valence-electron chi connectivity index (χ1n) is 7.16. The highest BCUT2D eigenvalue weighted by atomic mass is 32.2. The molecule has 3 nitrogen and oxygen atoms in total. The van der Waals surface area contributed by atoms with Crippen molar-refractivity contribution in [1.82, 2.24) is 0 Å². The molecule has 2 aromatic carbocycles. The molecule has 4 rings (SSSR count). The van der Waals surface area contributed by atoms with Gasteiger partial charge < -0.3 is 4.74 Å². The summed E-state index contributed by atoms with van der Waals surface area (Å²) < 4.78 is 5.60. The van der Waals surface area contributed by atoms with Crippen LogP contribution < -0.4 is 4.90 Å². The van der Waals surface area contributed by atoms with E-state index in [1.807, 2.05) is 41.3 Å². The van der Waals surface area contributed by atoms with Gasteiger partial charge in [-0.05, 0) is 37.1 Å². The van der Waals surface area contributed by atoms with E-state index in [-0.39, 0.29) is 12.0 Å². The monoisotopic (exact) mass is 297 g/mol. The summed E-state index contributed by atoms with van der Waals surface area (Å²) in [6.45, 7) is 0.683. The Morgan fingerprint density at radius 2 is 1.67 bits per heavy atom.